The summed E-state index contributed by atoms with van der Waals surface area (Å²) in [6.07, 6.45) is 3.08. The third-order valence-corrected chi connectivity index (χ3v) is 3.07. The lowest BCUT2D eigenvalue weighted by Crippen LogP contribution is -1.98. The van der Waals surface area contributed by atoms with Crippen molar-refractivity contribution in [3.8, 4) is 0 Å². The molecule has 1 heterocycles. The van der Waals surface area contributed by atoms with E-state index in [2.05, 4.69) is 9.97 Å². The van der Waals surface area contributed by atoms with Gasteiger partial charge in [-0.3, -0.25) is 0 Å². The van der Waals surface area contributed by atoms with Gasteiger partial charge in [-0.25, -0.2) is 14.8 Å². The zero-order valence-corrected chi connectivity index (χ0v) is 9.52. The Morgan fingerprint density at radius 2 is 2.18 bits per heavy atom. The fourth-order valence-corrected chi connectivity index (χ4v) is 1.99. The Kier molecular flexibility index (Phi) is 3.24. The van der Waals surface area contributed by atoms with Crippen molar-refractivity contribution in [2.45, 2.75) is 9.92 Å². The molecule has 0 spiro atoms. The highest BCUT2D eigenvalue weighted by Crippen LogP contribution is 2.30. The molecule has 0 bridgehead atoms. The van der Waals surface area contributed by atoms with Crippen molar-refractivity contribution in [3.63, 3.8) is 0 Å². The highest BCUT2D eigenvalue weighted by molar-refractivity contribution is 7.99. The van der Waals surface area contributed by atoms with E-state index in [0.717, 1.165) is 9.92 Å². The second-order valence-electron chi connectivity index (χ2n) is 3.21. The van der Waals surface area contributed by atoms with Crippen LogP contribution in [0.15, 0.2) is 46.7 Å². The number of aromatic nitrogens is 2. The van der Waals surface area contributed by atoms with Gasteiger partial charge in [0.05, 0.1) is 5.56 Å². The summed E-state index contributed by atoms with van der Waals surface area (Å²) in [7, 11) is 0. The van der Waals surface area contributed by atoms with Crippen molar-refractivity contribution >= 4 is 23.4 Å². The Bertz CT molecular complexity index is 546. The zero-order valence-electron chi connectivity index (χ0n) is 8.70. The first-order valence-electron chi connectivity index (χ1n) is 4.73. The molecule has 0 fully saturated rings. The smallest absolute Gasteiger partial charge is 0.335 e. The Balaban J connectivity index is 2.26. The Labute approximate surface area is 102 Å². The first kappa shape index (κ1) is 11.4. The van der Waals surface area contributed by atoms with E-state index in [1.165, 1.54) is 30.2 Å². The van der Waals surface area contributed by atoms with E-state index in [4.69, 9.17) is 10.8 Å². The third kappa shape index (κ3) is 2.73. The number of hydrogen-bond donors (Lipinski definition) is 2. The van der Waals surface area contributed by atoms with Gasteiger partial charge in [0.2, 0.25) is 0 Å². The topological polar surface area (TPSA) is 89.1 Å². The van der Waals surface area contributed by atoms with Gasteiger partial charge in [0.25, 0.3) is 0 Å². The van der Waals surface area contributed by atoms with Crippen molar-refractivity contribution in [1.29, 1.82) is 0 Å². The van der Waals surface area contributed by atoms with Crippen LogP contribution < -0.4 is 5.73 Å². The molecular formula is C11H9N3O2S. The summed E-state index contributed by atoms with van der Waals surface area (Å²) < 4.78 is 0. The summed E-state index contributed by atoms with van der Waals surface area (Å²) in [6.45, 7) is 0. The molecule has 0 saturated carbocycles. The number of hydrogen-bond acceptors (Lipinski definition) is 5. The number of carbonyl (C=O) groups is 1. The highest BCUT2D eigenvalue weighted by atomic mass is 32.2. The van der Waals surface area contributed by atoms with Gasteiger partial charge in [0, 0.05) is 16.8 Å². The predicted octanol–water partition coefficient (Wildman–Crippen LogP) is 1.91. The van der Waals surface area contributed by atoms with Crippen LogP contribution in [-0.2, 0) is 0 Å². The number of carboxylic acids is 1. The summed E-state index contributed by atoms with van der Waals surface area (Å²) in [6, 6.07) is 6.38. The molecule has 86 valence electrons. The minimum Gasteiger partial charge on any atom is -0.478 e. The fraction of sp³-hybridized carbons (Fsp3) is 0. The lowest BCUT2D eigenvalue weighted by molar-refractivity contribution is 0.0697. The zero-order chi connectivity index (χ0) is 12.3. The molecule has 0 radical (unpaired) electrons. The molecule has 6 heteroatoms. The fourth-order valence-electron chi connectivity index (χ4n) is 1.23. The van der Waals surface area contributed by atoms with Crippen molar-refractivity contribution < 1.29 is 9.90 Å². The molecule has 0 saturated heterocycles. The molecule has 0 atom stereocenters. The van der Waals surface area contributed by atoms with Gasteiger partial charge < -0.3 is 10.8 Å². The molecule has 1 aromatic heterocycles. The molecule has 0 aliphatic rings. The summed E-state index contributed by atoms with van der Waals surface area (Å²) in [5.74, 6) is -0.990. The Hall–Kier alpha value is -2.08. The largest absolute Gasteiger partial charge is 0.478 e. The van der Waals surface area contributed by atoms with Crippen LogP contribution in [0.5, 0.6) is 0 Å². The van der Waals surface area contributed by atoms with E-state index in [1.54, 1.807) is 18.3 Å². The molecule has 17 heavy (non-hydrogen) atoms. The van der Waals surface area contributed by atoms with E-state index in [9.17, 15) is 4.79 Å². The summed E-state index contributed by atoms with van der Waals surface area (Å²) in [4.78, 5) is 19.4. The van der Waals surface area contributed by atoms with Crippen LogP contribution in [0.4, 0.5) is 5.69 Å². The van der Waals surface area contributed by atoms with Gasteiger partial charge in [-0.1, -0.05) is 11.8 Å². The van der Waals surface area contributed by atoms with Crippen LogP contribution in [0.3, 0.4) is 0 Å². The van der Waals surface area contributed by atoms with Gasteiger partial charge in [-0.15, -0.1) is 0 Å². The predicted molar refractivity (Wildman–Crippen MR) is 64.0 cm³/mol. The average Bonchev–Trinajstić information content (AvgIpc) is 2.33. The molecular weight excluding hydrogens is 238 g/mol. The summed E-state index contributed by atoms with van der Waals surface area (Å²) in [5, 5.41) is 9.57. The third-order valence-electron chi connectivity index (χ3n) is 2.03. The van der Waals surface area contributed by atoms with Crippen LogP contribution in [0, 0.1) is 0 Å². The Morgan fingerprint density at radius 1 is 1.35 bits per heavy atom. The number of nitrogens with zero attached hydrogens (tertiary/aromatic N) is 2. The molecule has 0 amide bonds. The van der Waals surface area contributed by atoms with Crippen LogP contribution in [0.25, 0.3) is 0 Å². The first-order valence-corrected chi connectivity index (χ1v) is 5.55. The number of nitrogen functional groups attached to an aromatic ring is 1. The van der Waals surface area contributed by atoms with Crippen LogP contribution in [-0.4, -0.2) is 21.0 Å². The Morgan fingerprint density at radius 3 is 2.76 bits per heavy atom. The van der Waals surface area contributed by atoms with Crippen molar-refractivity contribution in [1.82, 2.24) is 9.97 Å². The molecule has 3 N–H and O–H groups in total. The van der Waals surface area contributed by atoms with E-state index in [-0.39, 0.29) is 5.56 Å². The maximum atomic E-state index is 10.7. The molecule has 0 aliphatic carbocycles. The first-order chi connectivity index (χ1) is 8.16. The van der Waals surface area contributed by atoms with E-state index in [0.29, 0.717) is 5.69 Å². The lowest BCUT2D eigenvalue weighted by atomic mass is 10.2. The van der Waals surface area contributed by atoms with Gasteiger partial charge in [-0.2, -0.15) is 0 Å². The monoisotopic (exact) mass is 247 g/mol. The van der Waals surface area contributed by atoms with E-state index >= 15 is 0 Å². The van der Waals surface area contributed by atoms with Crippen molar-refractivity contribution in [2.24, 2.45) is 0 Å². The molecule has 5 nitrogen and oxygen atoms in total. The summed E-state index contributed by atoms with van der Waals surface area (Å²) in [5.41, 5.74) is 6.38. The number of benzene rings is 1. The van der Waals surface area contributed by atoms with Gasteiger partial charge in [-0.05, 0) is 24.3 Å². The number of nitrogens with two attached hydrogens (primary N) is 1. The average molecular weight is 247 g/mol. The van der Waals surface area contributed by atoms with Crippen LogP contribution >= 0.6 is 11.8 Å². The molecule has 2 rings (SSSR count). The number of aromatic carboxylic acids is 1. The lowest BCUT2D eigenvalue weighted by Gasteiger charge is -2.05. The van der Waals surface area contributed by atoms with Gasteiger partial charge in [0.1, 0.15) is 11.4 Å². The van der Waals surface area contributed by atoms with E-state index < -0.39 is 5.97 Å². The van der Waals surface area contributed by atoms with E-state index in [1.807, 2.05) is 0 Å². The molecule has 1 aromatic carbocycles. The van der Waals surface area contributed by atoms with Crippen molar-refractivity contribution in [3.05, 3.63) is 42.4 Å². The SMILES string of the molecule is Nc1cc(C(=O)O)ccc1Sc1ccncn1. The van der Waals surface area contributed by atoms with Crippen LogP contribution in [0.2, 0.25) is 0 Å². The minimum absolute atomic E-state index is 0.175. The quantitative estimate of drug-likeness (QED) is 0.636. The second-order valence-corrected chi connectivity index (χ2v) is 4.27. The molecule has 2 aromatic rings. The standard InChI is InChI=1S/C11H9N3O2S/c12-8-5-7(11(15)16)1-2-9(8)17-10-3-4-13-6-14-10/h1-6H,12H2,(H,15,16). The summed E-state index contributed by atoms with van der Waals surface area (Å²) >= 11 is 1.37. The number of rotatable bonds is 3. The van der Waals surface area contributed by atoms with Crippen molar-refractivity contribution in [2.75, 3.05) is 5.73 Å². The van der Waals surface area contributed by atoms with Crippen LogP contribution in [0.1, 0.15) is 10.4 Å². The van der Waals surface area contributed by atoms with Gasteiger partial charge >= 0.3 is 5.97 Å². The van der Waals surface area contributed by atoms with Gasteiger partial charge in [0.15, 0.2) is 0 Å². The number of anilines is 1. The normalized spacial score (nSPS) is 10.1. The maximum Gasteiger partial charge on any atom is 0.335 e. The molecule has 0 aliphatic heterocycles. The second kappa shape index (κ2) is 4.84. The molecule has 0 unspecified atom stereocenters. The number of carboxylic acid groups (broad SMARTS) is 1. The minimum atomic E-state index is -0.990. The maximum absolute atomic E-state index is 10.7. The highest BCUT2D eigenvalue weighted by Gasteiger charge is 2.07.